The second-order valence-electron chi connectivity index (χ2n) is 7.83. The third-order valence-electron chi connectivity index (χ3n) is 5.57. The lowest BCUT2D eigenvalue weighted by molar-refractivity contribution is -0.123. The SMILES string of the molecule is Cc1ccc(N(C(=O)c2csnn2)[C@H](C(=O)NC2CCCCC2)c2cccnc2)cc1. The first-order valence-corrected chi connectivity index (χ1v) is 11.3. The number of hydrogen-bond donors (Lipinski definition) is 1. The number of anilines is 1. The van der Waals surface area contributed by atoms with Crippen molar-refractivity contribution >= 4 is 29.0 Å². The molecule has 2 heterocycles. The van der Waals surface area contributed by atoms with Crippen LogP contribution >= 0.6 is 11.5 Å². The summed E-state index contributed by atoms with van der Waals surface area (Å²) in [5.41, 5.74) is 2.55. The Morgan fingerprint density at radius 2 is 1.90 bits per heavy atom. The molecule has 1 aliphatic carbocycles. The highest BCUT2D eigenvalue weighted by Gasteiger charge is 2.35. The molecule has 0 radical (unpaired) electrons. The van der Waals surface area contributed by atoms with Crippen LogP contribution < -0.4 is 10.2 Å². The zero-order chi connectivity index (χ0) is 21.6. The summed E-state index contributed by atoms with van der Waals surface area (Å²) in [7, 11) is 0. The maximum atomic E-state index is 13.6. The van der Waals surface area contributed by atoms with Crippen molar-refractivity contribution in [1.29, 1.82) is 0 Å². The fourth-order valence-corrected chi connectivity index (χ4v) is 4.38. The van der Waals surface area contributed by atoms with Crippen molar-refractivity contribution in [3.05, 3.63) is 71.0 Å². The van der Waals surface area contributed by atoms with Crippen LogP contribution in [0.4, 0.5) is 5.69 Å². The van der Waals surface area contributed by atoms with Gasteiger partial charge >= 0.3 is 0 Å². The molecule has 31 heavy (non-hydrogen) atoms. The summed E-state index contributed by atoms with van der Waals surface area (Å²) < 4.78 is 3.84. The van der Waals surface area contributed by atoms with Crippen molar-refractivity contribution in [1.82, 2.24) is 19.9 Å². The summed E-state index contributed by atoms with van der Waals surface area (Å²) in [6.45, 7) is 1.98. The molecule has 4 rings (SSSR count). The highest BCUT2D eigenvalue weighted by Crippen LogP contribution is 2.30. The first kappa shape index (κ1) is 21.1. The Balaban J connectivity index is 1.76. The van der Waals surface area contributed by atoms with Gasteiger partial charge in [-0.3, -0.25) is 19.5 Å². The molecule has 0 spiro atoms. The van der Waals surface area contributed by atoms with Crippen molar-refractivity contribution in [2.24, 2.45) is 0 Å². The van der Waals surface area contributed by atoms with Gasteiger partial charge in [0.15, 0.2) is 5.69 Å². The van der Waals surface area contributed by atoms with E-state index < -0.39 is 6.04 Å². The van der Waals surface area contributed by atoms with E-state index in [0.717, 1.165) is 42.8 Å². The molecular weight excluding hydrogens is 410 g/mol. The molecule has 8 heteroatoms. The van der Waals surface area contributed by atoms with Crippen LogP contribution in [0.3, 0.4) is 0 Å². The summed E-state index contributed by atoms with van der Waals surface area (Å²) in [6.07, 6.45) is 8.62. The standard InChI is InChI=1S/C23H25N5O2S/c1-16-9-11-19(12-10-16)28(23(30)20-15-31-27-26-20)21(17-6-5-13-24-14-17)22(29)25-18-7-3-2-4-8-18/h5-6,9-15,18,21H,2-4,7-8H2,1H3,(H,25,29)/t21-/m0/s1. The number of benzene rings is 1. The van der Waals surface area contributed by atoms with Gasteiger partial charge in [-0.1, -0.05) is 47.5 Å². The topological polar surface area (TPSA) is 88.1 Å². The van der Waals surface area contributed by atoms with Crippen LogP contribution in [0.1, 0.15) is 59.8 Å². The molecule has 160 valence electrons. The molecule has 0 saturated heterocycles. The van der Waals surface area contributed by atoms with E-state index in [-0.39, 0.29) is 23.6 Å². The second-order valence-corrected chi connectivity index (χ2v) is 8.44. The van der Waals surface area contributed by atoms with Gasteiger partial charge in [-0.15, -0.1) is 5.10 Å². The average molecular weight is 436 g/mol. The summed E-state index contributed by atoms with van der Waals surface area (Å²) in [5, 5.41) is 8.75. The van der Waals surface area contributed by atoms with Crippen LogP contribution in [0.15, 0.2) is 54.2 Å². The number of amides is 2. The first-order chi connectivity index (χ1) is 15.1. The van der Waals surface area contributed by atoms with E-state index in [0.29, 0.717) is 11.3 Å². The molecule has 0 unspecified atom stereocenters. The third-order valence-corrected chi connectivity index (χ3v) is 6.07. The lowest BCUT2D eigenvalue weighted by atomic mass is 9.94. The smallest absolute Gasteiger partial charge is 0.280 e. The minimum absolute atomic E-state index is 0.122. The normalized spacial score (nSPS) is 15.3. The molecule has 3 aromatic rings. The number of carbonyl (C=O) groups is 2. The van der Waals surface area contributed by atoms with Crippen LogP contribution in [-0.2, 0) is 4.79 Å². The van der Waals surface area contributed by atoms with Crippen LogP contribution in [0.25, 0.3) is 0 Å². The lowest BCUT2D eigenvalue weighted by Crippen LogP contribution is -2.47. The monoisotopic (exact) mass is 435 g/mol. The quantitative estimate of drug-likeness (QED) is 0.630. The number of hydrogen-bond acceptors (Lipinski definition) is 6. The number of nitrogens with one attached hydrogen (secondary N) is 1. The lowest BCUT2D eigenvalue weighted by Gasteiger charge is -2.33. The van der Waals surface area contributed by atoms with E-state index in [4.69, 9.17) is 0 Å². The number of carbonyl (C=O) groups excluding carboxylic acids is 2. The van der Waals surface area contributed by atoms with Gasteiger partial charge in [-0.25, -0.2) is 0 Å². The first-order valence-electron chi connectivity index (χ1n) is 10.5. The van der Waals surface area contributed by atoms with E-state index in [9.17, 15) is 9.59 Å². The maximum Gasteiger partial charge on any atom is 0.280 e. The number of aryl methyl sites for hydroxylation is 1. The van der Waals surface area contributed by atoms with Gasteiger partial charge in [0, 0.05) is 35.1 Å². The highest BCUT2D eigenvalue weighted by atomic mass is 32.1. The molecule has 7 nitrogen and oxygen atoms in total. The Hall–Kier alpha value is -3.13. The van der Waals surface area contributed by atoms with Gasteiger partial charge in [0.2, 0.25) is 5.91 Å². The molecule has 1 saturated carbocycles. The Kier molecular flexibility index (Phi) is 6.66. The predicted octanol–water partition coefficient (Wildman–Crippen LogP) is 4.08. The molecule has 1 atom stereocenters. The maximum absolute atomic E-state index is 13.6. The van der Waals surface area contributed by atoms with E-state index in [2.05, 4.69) is 19.9 Å². The largest absolute Gasteiger partial charge is 0.351 e. The van der Waals surface area contributed by atoms with Crippen molar-refractivity contribution < 1.29 is 9.59 Å². The van der Waals surface area contributed by atoms with Crippen molar-refractivity contribution in [2.45, 2.75) is 51.1 Å². The van der Waals surface area contributed by atoms with Crippen molar-refractivity contribution in [3.8, 4) is 0 Å². The molecule has 1 aromatic carbocycles. The summed E-state index contributed by atoms with van der Waals surface area (Å²) in [6, 6.07) is 10.4. The molecule has 1 fully saturated rings. The molecular formula is C23H25N5O2S. The molecule has 0 aliphatic heterocycles. The second kappa shape index (κ2) is 9.78. The molecule has 1 N–H and O–H groups in total. The zero-order valence-electron chi connectivity index (χ0n) is 17.4. The molecule has 2 amide bonds. The number of pyridine rings is 1. The van der Waals surface area contributed by atoms with Gasteiger partial charge in [0.1, 0.15) is 6.04 Å². The summed E-state index contributed by atoms with van der Waals surface area (Å²) in [5.74, 6) is -0.581. The fourth-order valence-electron chi connectivity index (χ4n) is 3.95. The minimum Gasteiger partial charge on any atom is -0.351 e. The average Bonchev–Trinajstić information content (AvgIpc) is 3.34. The summed E-state index contributed by atoms with van der Waals surface area (Å²) in [4.78, 5) is 32.8. The highest BCUT2D eigenvalue weighted by molar-refractivity contribution is 7.03. The van der Waals surface area contributed by atoms with Gasteiger partial charge < -0.3 is 5.32 Å². The van der Waals surface area contributed by atoms with E-state index in [1.807, 2.05) is 37.3 Å². The van der Waals surface area contributed by atoms with Gasteiger partial charge in [-0.2, -0.15) is 0 Å². The molecule has 2 aromatic heterocycles. The fraction of sp³-hybridized carbons (Fsp3) is 0.348. The molecule has 0 bridgehead atoms. The third kappa shape index (κ3) is 4.96. The van der Waals surface area contributed by atoms with Crippen LogP contribution in [0.2, 0.25) is 0 Å². The predicted molar refractivity (Wildman–Crippen MR) is 120 cm³/mol. The van der Waals surface area contributed by atoms with Crippen LogP contribution in [0, 0.1) is 6.92 Å². The Morgan fingerprint density at radius 3 is 2.55 bits per heavy atom. The van der Waals surface area contributed by atoms with Gasteiger partial charge in [0.05, 0.1) is 0 Å². The van der Waals surface area contributed by atoms with Crippen molar-refractivity contribution in [3.63, 3.8) is 0 Å². The minimum atomic E-state index is -0.868. The van der Waals surface area contributed by atoms with Crippen LogP contribution in [0.5, 0.6) is 0 Å². The number of nitrogens with zero attached hydrogens (tertiary/aromatic N) is 4. The Labute approximate surface area is 185 Å². The summed E-state index contributed by atoms with van der Waals surface area (Å²) >= 11 is 1.11. The van der Waals surface area contributed by atoms with Gasteiger partial charge in [0.25, 0.3) is 5.91 Å². The van der Waals surface area contributed by atoms with E-state index in [1.165, 1.54) is 11.3 Å². The van der Waals surface area contributed by atoms with Crippen LogP contribution in [-0.4, -0.2) is 32.4 Å². The van der Waals surface area contributed by atoms with E-state index in [1.54, 1.807) is 23.8 Å². The van der Waals surface area contributed by atoms with E-state index >= 15 is 0 Å². The Bertz CT molecular complexity index is 1000. The zero-order valence-corrected chi connectivity index (χ0v) is 18.2. The number of rotatable bonds is 6. The molecule has 1 aliphatic rings. The Morgan fingerprint density at radius 1 is 1.13 bits per heavy atom. The van der Waals surface area contributed by atoms with Crippen molar-refractivity contribution in [2.75, 3.05) is 4.90 Å². The van der Waals surface area contributed by atoms with Gasteiger partial charge in [-0.05, 0) is 49.5 Å². The number of aromatic nitrogens is 3.